The van der Waals surface area contributed by atoms with Crippen LogP contribution in [0.15, 0.2) is 36.4 Å². The molecule has 66 heavy (non-hydrogen) atoms. The van der Waals surface area contributed by atoms with Crippen LogP contribution >= 0.6 is 0 Å². The number of carbonyl (C=O) groups is 4. The first-order valence-corrected chi connectivity index (χ1v) is 28.0. The molecule has 0 saturated heterocycles. The van der Waals surface area contributed by atoms with Crippen molar-refractivity contribution < 1.29 is 19.2 Å². The van der Waals surface area contributed by atoms with Crippen LogP contribution in [0.4, 0.5) is 0 Å². The van der Waals surface area contributed by atoms with Crippen LogP contribution in [0, 0.1) is 0 Å². The number of amides is 4. The summed E-state index contributed by atoms with van der Waals surface area (Å²) >= 11 is 0. The van der Waals surface area contributed by atoms with Crippen molar-refractivity contribution in [2.24, 2.45) is 0 Å². The van der Waals surface area contributed by atoms with Gasteiger partial charge in [0, 0.05) is 26.2 Å². The Kier molecular flexibility index (Phi) is 41.7. The summed E-state index contributed by atoms with van der Waals surface area (Å²) in [5, 5.41) is 12.0. The second-order valence-corrected chi connectivity index (χ2v) is 19.0. The van der Waals surface area contributed by atoms with E-state index in [0.717, 1.165) is 103 Å². The summed E-state index contributed by atoms with van der Waals surface area (Å²) in [5.74, 6) is -1.59. The summed E-state index contributed by atoms with van der Waals surface area (Å²) in [4.78, 5) is 55.2. The van der Waals surface area contributed by atoms with Gasteiger partial charge >= 0.3 is 0 Å². The van der Waals surface area contributed by atoms with E-state index in [-0.39, 0.29) is 22.3 Å². The van der Waals surface area contributed by atoms with Gasteiger partial charge in [-0.15, -0.1) is 0 Å². The lowest BCUT2D eigenvalue weighted by Gasteiger charge is -2.17. The van der Waals surface area contributed by atoms with Crippen LogP contribution in [0.2, 0.25) is 0 Å². The predicted molar refractivity (Wildman–Crippen MR) is 283 cm³/mol. The minimum atomic E-state index is -0.400. The monoisotopic (exact) mass is 919 g/mol. The third kappa shape index (κ3) is 33.1. The van der Waals surface area contributed by atoms with E-state index in [0.29, 0.717) is 26.2 Å². The van der Waals surface area contributed by atoms with Crippen LogP contribution in [0.1, 0.15) is 300 Å². The van der Waals surface area contributed by atoms with Crippen LogP contribution in [0.3, 0.4) is 0 Å². The van der Waals surface area contributed by atoms with Crippen molar-refractivity contribution in [3.05, 3.63) is 58.7 Å². The summed E-state index contributed by atoms with van der Waals surface area (Å²) in [6.45, 7) is 10.7. The van der Waals surface area contributed by atoms with Gasteiger partial charge in [0.1, 0.15) is 0 Å². The fourth-order valence-corrected chi connectivity index (χ4v) is 8.39. The SMILES string of the molecule is CCCCCCCC/C=C\CCCCCCCCNC(=O)c1cc(C(=O)NCCCCCC)c(C(=O)NCCCCCCCC/C=C\CCCCCCCC)cc1C(=O)NCCCCCC. The summed E-state index contributed by atoms with van der Waals surface area (Å²) < 4.78 is 0. The van der Waals surface area contributed by atoms with Crippen molar-refractivity contribution in [1.29, 1.82) is 0 Å². The molecule has 0 aliphatic carbocycles. The summed E-state index contributed by atoms with van der Waals surface area (Å²) in [6, 6.07) is 2.95. The minimum absolute atomic E-state index is 0.130. The number of carbonyl (C=O) groups excluding carboxylic acids is 4. The first-order chi connectivity index (χ1) is 32.4. The maximum absolute atomic E-state index is 13.8. The highest BCUT2D eigenvalue weighted by atomic mass is 16.2. The normalized spacial score (nSPS) is 11.5. The third-order valence-electron chi connectivity index (χ3n) is 12.7. The van der Waals surface area contributed by atoms with E-state index in [1.54, 1.807) is 0 Å². The predicted octanol–water partition coefficient (Wildman–Crippen LogP) is 15.8. The van der Waals surface area contributed by atoms with Gasteiger partial charge < -0.3 is 21.3 Å². The topological polar surface area (TPSA) is 116 Å². The average Bonchev–Trinajstić information content (AvgIpc) is 3.32. The Labute approximate surface area is 406 Å². The van der Waals surface area contributed by atoms with Crippen molar-refractivity contribution >= 4 is 23.6 Å². The fraction of sp³-hybridized carbons (Fsp3) is 0.759. The van der Waals surface area contributed by atoms with Crippen molar-refractivity contribution in [3.63, 3.8) is 0 Å². The molecule has 0 bridgehead atoms. The first-order valence-electron chi connectivity index (χ1n) is 28.0. The Morgan fingerprint density at radius 3 is 0.697 bits per heavy atom. The van der Waals surface area contributed by atoms with Crippen LogP contribution in [0.25, 0.3) is 0 Å². The van der Waals surface area contributed by atoms with Crippen LogP contribution in [-0.2, 0) is 0 Å². The van der Waals surface area contributed by atoms with Gasteiger partial charge in [0.2, 0.25) is 0 Å². The smallest absolute Gasteiger partial charge is 0.252 e. The molecule has 378 valence electrons. The molecule has 0 unspecified atom stereocenters. The summed E-state index contributed by atoms with van der Waals surface area (Å²) in [6.07, 6.45) is 51.4. The Balaban J connectivity index is 2.82. The highest BCUT2D eigenvalue weighted by Gasteiger charge is 2.26. The van der Waals surface area contributed by atoms with Crippen molar-refractivity contribution in [2.45, 2.75) is 259 Å². The average molecular weight is 919 g/mol. The van der Waals surface area contributed by atoms with Crippen LogP contribution < -0.4 is 21.3 Å². The van der Waals surface area contributed by atoms with Crippen molar-refractivity contribution in [1.82, 2.24) is 21.3 Å². The van der Waals surface area contributed by atoms with Gasteiger partial charge in [0.15, 0.2) is 0 Å². The molecule has 8 heteroatoms. The zero-order valence-electron chi connectivity index (χ0n) is 43.4. The van der Waals surface area contributed by atoms with Gasteiger partial charge in [-0.2, -0.15) is 0 Å². The Bertz CT molecular complexity index is 1320. The van der Waals surface area contributed by atoms with Gasteiger partial charge in [0.25, 0.3) is 23.6 Å². The molecule has 1 aromatic rings. The largest absolute Gasteiger partial charge is 0.352 e. The van der Waals surface area contributed by atoms with E-state index in [9.17, 15) is 19.2 Å². The van der Waals surface area contributed by atoms with Crippen LogP contribution in [0.5, 0.6) is 0 Å². The van der Waals surface area contributed by atoms with Gasteiger partial charge in [-0.1, -0.05) is 206 Å². The van der Waals surface area contributed by atoms with Gasteiger partial charge in [0.05, 0.1) is 22.3 Å². The first kappa shape index (κ1) is 60.6. The molecule has 0 aliphatic rings. The zero-order valence-corrected chi connectivity index (χ0v) is 43.4. The number of nitrogens with one attached hydrogen (secondary N) is 4. The van der Waals surface area contributed by atoms with E-state index in [1.807, 2.05) is 0 Å². The van der Waals surface area contributed by atoms with Crippen LogP contribution in [-0.4, -0.2) is 49.8 Å². The summed E-state index contributed by atoms with van der Waals surface area (Å²) in [7, 11) is 0. The molecular formula is C58H102N4O4. The highest BCUT2D eigenvalue weighted by Crippen LogP contribution is 2.20. The van der Waals surface area contributed by atoms with E-state index in [2.05, 4.69) is 73.3 Å². The fourth-order valence-electron chi connectivity index (χ4n) is 8.39. The molecule has 0 aromatic heterocycles. The lowest BCUT2D eigenvalue weighted by atomic mass is 9.95. The van der Waals surface area contributed by atoms with Gasteiger partial charge in [-0.3, -0.25) is 19.2 Å². The molecule has 1 aromatic carbocycles. The number of hydrogen-bond donors (Lipinski definition) is 4. The van der Waals surface area contributed by atoms with Crippen molar-refractivity contribution in [3.8, 4) is 0 Å². The molecular weight excluding hydrogens is 817 g/mol. The molecule has 8 nitrogen and oxygen atoms in total. The van der Waals surface area contributed by atoms with Gasteiger partial charge in [-0.05, 0) is 89.2 Å². The number of rotatable bonds is 46. The third-order valence-corrected chi connectivity index (χ3v) is 12.7. The molecule has 0 spiro atoms. The second-order valence-electron chi connectivity index (χ2n) is 19.0. The van der Waals surface area contributed by atoms with Gasteiger partial charge in [-0.25, -0.2) is 0 Å². The molecule has 0 heterocycles. The molecule has 0 aliphatic heterocycles. The Morgan fingerprint density at radius 2 is 0.470 bits per heavy atom. The standard InChI is InChI=1S/C58H102N4O4/c1-5-9-13-17-19-21-23-25-27-29-31-33-35-37-39-43-47-61-57(65)53-49-52(56(64)60-46-42-16-12-8-4)54(50-51(53)55(63)59-45-41-15-11-7-3)58(66)62-48-44-40-38-36-34-32-30-28-26-24-22-20-18-14-10-6-2/h25-28,49-50H,5-24,29-48H2,1-4H3,(H,59,63)(H,60,64)(H,61,65)(H,62,66)/b27-25-,28-26-. The number of allylic oxidation sites excluding steroid dienone is 4. The number of benzene rings is 1. The summed E-state index contributed by atoms with van der Waals surface area (Å²) in [5.41, 5.74) is 0.523. The lowest BCUT2D eigenvalue weighted by Crippen LogP contribution is -2.34. The number of hydrogen-bond acceptors (Lipinski definition) is 4. The zero-order chi connectivity index (χ0) is 48.0. The van der Waals surface area contributed by atoms with E-state index >= 15 is 0 Å². The molecule has 1 rings (SSSR count). The molecule has 4 amide bonds. The highest BCUT2D eigenvalue weighted by molar-refractivity contribution is 6.14. The maximum Gasteiger partial charge on any atom is 0.252 e. The van der Waals surface area contributed by atoms with E-state index in [1.165, 1.54) is 141 Å². The quantitative estimate of drug-likeness (QED) is 0.0385. The lowest BCUT2D eigenvalue weighted by molar-refractivity contribution is 0.0907. The molecule has 0 atom stereocenters. The Hall–Kier alpha value is -3.42. The van der Waals surface area contributed by atoms with E-state index < -0.39 is 23.6 Å². The molecule has 0 saturated carbocycles. The minimum Gasteiger partial charge on any atom is -0.352 e. The molecule has 0 radical (unpaired) electrons. The number of unbranched alkanes of at least 4 members (excludes halogenated alkanes) is 30. The molecule has 4 N–H and O–H groups in total. The van der Waals surface area contributed by atoms with E-state index in [4.69, 9.17) is 0 Å². The Morgan fingerprint density at radius 1 is 0.288 bits per heavy atom. The maximum atomic E-state index is 13.8. The second kappa shape index (κ2) is 45.4. The molecule has 0 fully saturated rings. The van der Waals surface area contributed by atoms with Crippen molar-refractivity contribution in [2.75, 3.05) is 26.2 Å².